The lowest BCUT2D eigenvalue weighted by Gasteiger charge is -2.16. The third-order valence-corrected chi connectivity index (χ3v) is 3.82. The summed E-state index contributed by atoms with van der Waals surface area (Å²) in [6.45, 7) is 5.17. The van der Waals surface area contributed by atoms with Crippen molar-refractivity contribution in [1.82, 2.24) is 5.16 Å². The lowest BCUT2D eigenvalue weighted by Crippen LogP contribution is -2.28. The van der Waals surface area contributed by atoms with Crippen LogP contribution in [0.15, 0.2) is 22.7 Å². The van der Waals surface area contributed by atoms with E-state index in [1.165, 1.54) is 7.11 Å². The lowest BCUT2D eigenvalue weighted by atomic mass is 9.95. The average molecular weight is 371 g/mol. The molecule has 0 aliphatic rings. The highest BCUT2D eigenvalue weighted by molar-refractivity contribution is 6.39. The molecule has 1 amide bonds. The van der Waals surface area contributed by atoms with Crippen LogP contribution >= 0.6 is 23.2 Å². The van der Waals surface area contributed by atoms with E-state index < -0.39 is 11.4 Å². The van der Waals surface area contributed by atoms with E-state index in [-0.39, 0.29) is 33.1 Å². The molecule has 6 nitrogen and oxygen atoms in total. The number of anilines is 1. The number of esters is 1. The third kappa shape index (κ3) is 3.55. The molecule has 24 heavy (non-hydrogen) atoms. The first-order valence-electron chi connectivity index (χ1n) is 7.00. The summed E-state index contributed by atoms with van der Waals surface area (Å²) in [6, 6.07) is 4.87. The van der Waals surface area contributed by atoms with Gasteiger partial charge in [-0.05, 0) is 12.1 Å². The summed E-state index contributed by atoms with van der Waals surface area (Å²) in [4.78, 5) is 24.4. The van der Waals surface area contributed by atoms with Gasteiger partial charge in [0.2, 0.25) is 11.8 Å². The molecule has 128 valence electrons. The van der Waals surface area contributed by atoms with Crippen molar-refractivity contribution in [3.63, 3.8) is 0 Å². The van der Waals surface area contributed by atoms with Crippen molar-refractivity contribution in [3.8, 4) is 11.3 Å². The number of nitrogens with one attached hydrogen (secondary N) is 1. The number of carbonyl (C=O) groups excluding carboxylic acids is 2. The van der Waals surface area contributed by atoms with Gasteiger partial charge in [-0.25, -0.2) is 4.79 Å². The van der Waals surface area contributed by atoms with Crippen LogP contribution < -0.4 is 5.32 Å². The van der Waals surface area contributed by atoms with E-state index in [0.717, 1.165) is 0 Å². The third-order valence-electron chi connectivity index (χ3n) is 3.19. The molecule has 0 fully saturated rings. The number of hydrogen-bond donors (Lipinski definition) is 1. The van der Waals surface area contributed by atoms with Gasteiger partial charge in [-0.1, -0.05) is 55.2 Å². The van der Waals surface area contributed by atoms with E-state index in [1.807, 2.05) is 0 Å². The van der Waals surface area contributed by atoms with Gasteiger partial charge >= 0.3 is 5.97 Å². The van der Waals surface area contributed by atoms with Crippen molar-refractivity contribution in [2.24, 2.45) is 5.41 Å². The Bertz CT molecular complexity index is 774. The van der Waals surface area contributed by atoms with Crippen molar-refractivity contribution in [2.45, 2.75) is 20.8 Å². The number of amides is 1. The number of ether oxygens (including phenoxy) is 1. The van der Waals surface area contributed by atoms with Crippen LogP contribution in [0.25, 0.3) is 11.3 Å². The van der Waals surface area contributed by atoms with Gasteiger partial charge in [0.15, 0.2) is 5.56 Å². The minimum Gasteiger partial charge on any atom is -0.465 e. The van der Waals surface area contributed by atoms with Crippen LogP contribution in [0.2, 0.25) is 10.0 Å². The molecule has 2 rings (SSSR count). The van der Waals surface area contributed by atoms with Gasteiger partial charge in [-0.2, -0.15) is 0 Å². The van der Waals surface area contributed by atoms with Crippen LogP contribution in [0.3, 0.4) is 0 Å². The van der Waals surface area contributed by atoms with E-state index in [1.54, 1.807) is 39.0 Å². The molecule has 0 radical (unpaired) electrons. The molecule has 0 atom stereocenters. The second-order valence-corrected chi connectivity index (χ2v) is 6.84. The molecule has 0 bridgehead atoms. The first-order chi connectivity index (χ1) is 11.2. The normalized spacial score (nSPS) is 11.2. The fraction of sp³-hybridized carbons (Fsp3) is 0.312. The Labute approximate surface area is 149 Å². The number of halogens is 2. The summed E-state index contributed by atoms with van der Waals surface area (Å²) in [5.41, 5.74) is -0.324. The zero-order valence-electron chi connectivity index (χ0n) is 13.6. The van der Waals surface area contributed by atoms with E-state index in [4.69, 9.17) is 32.5 Å². The van der Waals surface area contributed by atoms with Crippen LogP contribution in [0.1, 0.15) is 31.1 Å². The number of rotatable bonds is 3. The molecule has 0 saturated heterocycles. The van der Waals surface area contributed by atoms with E-state index >= 15 is 0 Å². The molecule has 0 saturated carbocycles. The van der Waals surface area contributed by atoms with E-state index in [9.17, 15) is 9.59 Å². The SMILES string of the molecule is COC(=O)c1c(-c2c(Cl)cccc2Cl)noc1NC(=O)C(C)(C)C. The van der Waals surface area contributed by atoms with Crippen molar-refractivity contribution < 1.29 is 18.8 Å². The maximum Gasteiger partial charge on any atom is 0.345 e. The summed E-state index contributed by atoms with van der Waals surface area (Å²) in [5.74, 6) is -1.19. The van der Waals surface area contributed by atoms with Crippen LogP contribution in [0.5, 0.6) is 0 Å². The zero-order chi connectivity index (χ0) is 18.1. The first kappa shape index (κ1) is 18.3. The van der Waals surface area contributed by atoms with Crippen molar-refractivity contribution in [2.75, 3.05) is 12.4 Å². The maximum absolute atomic E-state index is 12.2. The van der Waals surface area contributed by atoms with Crippen LogP contribution in [-0.4, -0.2) is 24.1 Å². The fourth-order valence-corrected chi connectivity index (χ4v) is 2.43. The average Bonchev–Trinajstić information content (AvgIpc) is 2.88. The van der Waals surface area contributed by atoms with Gasteiger partial charge in [0.05, 0.1) is 17.2 Å². The second kappa shape index (κ2) is 6.83. The van der Waals surface area contributed by atoms with Crippen molar-refractivity contribution in [1.29, 1.82) is 0 Å². The van der Waals surface area contributed by atoms with Crippen LogP contribution in [0.4, 0.5) is 5.88 Å². The summed E-state index contributed by atoms with van der Waals surface area (Å²) < 4.78 is 9.92. The molecule has 2 aromatic rings. The van der Waals surface area contributed by atoms with Gasteiger partial charge in [-0.3, -0.25) is 10.1 Å². The van der Waals surface area contributed by atoms with Gasteiger partial charge < -0.3 is 9.26 Å². The van der Waals surface area contributed by atoms with Gasteiger partial charge in [0.1, 0.15) is 5.69 Å². The number of hydrogen-bond acceptors (Lipinski definition) is 5. The second-order valence-electron chi connectivity index (χ2n) is 6.03. The van der Waals surface area contributed by atoms with Gasteiger partial charge in [0, 0.05) is 11.0 Å². The molecule has 0 spiro atoms. The van der Waals surface area contributed by atoms with Crippen LogP contribution in [0, 0.1) is 5.41 Å². The zero-order valence-corrected chi connectivity index (χ0v) is 15.1. The topological polar surface area (TPSA) is 81.4 Å². The molecule has 0 aliphatic carbocycles. The summed E-state index contributed by atoms with van der Waals surface area (Å²) in [7, 11) is 1.21. The molecular weight excluding hydrogens is 355 g/mol. The quantitative estimate of drug-likeness (QED) is 0.808. The summed E-state index contributed by atoms with van der Waals surface area (Å²) in [6.07, 6.45) is 0. The highest BCUT2D eigenvalue weighted by atomic mass is 35.5. The Balaban J connectivity index is 2.59. The standard InChI is InChI=1S/C16H16Cl2N2O4/c1-16(2,3)15(22)19-13-11(14(21)23-4)12(20-24-13)10-8(17)6-5-7-9(10)18/h5-7H,1-4H3,(H,19,22). The smallest absolute Gasteiger partial charge is 0.345 e. The highest BCUT2D eigenvalue weighted by Crippen LogP contribution is 2.38. The number of nitrogens with zero attached hydrogens (tertiary/aromatic N) is 1. The Morgan fingerprint density at radius 1 is 1.21 bits per heavy atom. The number of carbonyl (C=O) groups is 2. The maximum atomic E-state index is 12.2. The Morgan fingerprint density at radius 3 is 2.29 bits per heavy atom. The molecule has 0 aliphatic heterocycles. The predicted molar refractivity (Wildman–Crippen MR) is 91.4 cm³/mol. The Hall–Kier alpha value is -2.05. The van der Waals surface area contributed by atoms with E-state index in [2.05, 4.69) is 10.5 Å². The number of methoxy groups -OCH3 is 1. The molecule has 1 aromatic carbocycles. The minimum atomic E-state index is -0.730. The van der Waals surface area contributed by atoms with Gasteiger partial charge in [0.25, 0.3) is 0 Å². The number of benzene rings is 1. The molecule has 1 aromatic heterocycles. The minimum absolute atomic E-state index is 0.0508. The Kier molecular flexibility index (Phi) is 5.20. The lowest BCUT2D eigenvalue weighted by molar-refractivity contribution is -0.123. The summed E-state index contributed by atoms with van der Waals surface area (Å²) in [5, 5.41) is 6.97. The number of aromatic nitrogens is 1. The molecule has 0 unspecified atom stereocenters. The molecule has 1 N–H and O–H groups in total. The largest absolute Gasteiger partial charge is 0.465 e. The molecular formula is C16H16Cl2N2O4. The molecule has 1 heterocycles. The van der Waals surface area contributed by atoms with E-state index in [0.29, 0.717) is 5.56 Å². The van der Waals surface area contributed by atoms with Crippen molar-refractivity contribution in [3.05, 3.63) is 33.8 Å². The van der Waals surface area contributed by atoms with Crippen molar-refractivity contribution >= 4 is 41.0 Å². The van der Waals surface area contributed by atoms with Crippen LogP contribution in [-0.2, 0) is 9.53 Å². The first-order valence-corrected chi connectivity index (χ1v) is 7.76. The predicted octanol–water partition coefficient (Wildman–Crippen LogP) is 4.42. The molecule has 8 heteroatoms. The fourth-order valence-electron chi connectivity index (χ4n) is 1.85. The summed E-state index contributed by atoms with van der Waals surface area (Å²) >= 11 is 12.3. The monoisotopic (exact) mass is 370 g/mol. The van der Waals surface area contributed by atoms with Gasteiger partial charge in [-0.15, -0.1) is 0 Å². The highest BCUT2D eigenvalue weighted by Gasteiger charge is 2.31. The Morgan fingerprint density at radius 2 is 1.79 bits per heavy atom.